The molecule has 0 radical (unpaired) electrons. The van der Waals surface area contributed by atoms with Crippen LogP contribution in [0.15, 0.2) is 54.7 Å². The Morgan fingerprint density at radius 3 is 2.58 bits per heavy atom. The molecule has 3 aromatic rings. The second kappa shape index (κ2) is 11.2. The number of aryl methyl sites for hydroxylation is 1. The lowest BCUT2D eigenvalue weighted by atomic mass is 9.82. The van der Waals surface area contributed by atoms with Gasteiger partial charge in [0.1, 0.15) is 11.9 Å². The maximum Gasteiger partial charge on any atom is 0.213 e. The summed E-state index contributed by atoms with van der Waals surface area (Å²) in [6.45, 7) is 9.23. The minimum absolute atomic E-state index is 0.0145. The maximum atomic E-state index is 11.8. The average Bonchev–Trinajstić information content (AvgIpc) is 3.77. The lowest BCUT2D eigenvalue weighted by molar-refractivity contribution is -0.311. The van der Waals surface area contributed by atoms with Gasteiger partial charge >= 0.3 is 0 Å². The molecule has 1 fully saturated rings. The number of carboxylic acids is 1. The van der Waals surface area contributed by atoms with E-state index in [2.05, 4.69) is 74.1 Å². The molecule has 6 heteroatoms. The third-order valence-corrected chi connectivity index (χ3v) is 8.77. The minimum Gasteiger partial charge on any atom is -0.550 e. The molecular weight excluding hydrogens is 500 g/mol. The summed E-state index contributed by atoms with van der Waals surface area (Å²) in [5, 5.41) is 11.8. The average molecular weight is 542 g/mol. The molecule has 1 aromatic heterocycles. The molecule has 0 unspecified atom stereocenters. The smallest absolute Gasteiger partial charge is 0.213 e. The van der Waals surface area contributed by atoms with Crippen LogP contribution >= 0.6 is 0 Å². The fraction of sp³-hybridized carbons (Fsp3) is 0.471. The van der Waals surface area contributed by atoms with Gasteiger partial charge in [-0.15, -0.1) is 0 Å². The topological polar surface area (TPSA) is 74.7 Å². The minimum atomic E-state index is -0.979. The summed E-state index contributed by atoms with van der Waals surface area (Å²) in [7, 11) is 3.79. The third-order valence-electron chi connectivity index (χ3n) is 8.77. The van der Waals surface area contributed by atoms with Gasteiger partial charge in [-0.2, -0.15) is 0 Å². The van der Waals surface area contributed by atoms with Crippen molar-refractivity contribution in [2.24, 2.45) is 11.8 Å². The van der Waals surface area contributed by atoms with Crippen LogP contribution in [0.1, 0.15) is 81.2 Å². The lowest BCUT2D eigenvalue weighted by Crippen LogP contribution is -2.37. The summed E-state index contributed by atoms with van der Waals surface area (Å²) in [6.07, 6.45) is 5.68. The van der Waals surface area contributed by atoms with Gasteiger partial charge in [-0.3, -0.25) is 4.90 Å². The number of aliphatic carboxylic acids is 1. The Labute approximate surface area is 238 Å². The van der Waals surface area contributed by atoms with E-state index in [1.54, 1.807) is 20.2 Å². The predicted molar refractivity (Wildman–Crippen MR) is 155 cm³/mol. The Kier molecular flexibility index (Phi) is 7.92. The zero-order valence-electron chi connectivity index (χ0n) is 24.6. The third kappa shape index (κ3) is 6.02. The Hall–Kier alpha value is -3.38. The normalized spacial score (nSPS) is 18.5. The fourth-order valence-corrected chi connectivity index (χ4v) is 5.81. The Morgan fingerprint density at radius 1 is 1.12 bits per heavy atom. The van der Waals surface area contributed by atoms with Crippen molar-refractivity contribution in [3.05, 3.63) is 77.0 Å². The Bertz CT molecular complexity index is 1370. The van der Waals surface area contributed by atoms with E-state index in [9.17, 15) is 9.90 Å². The van der Waals surface area contributed by atoms with E-state index in [1.807, 2.05) is 12.1 Å². The van der Waals surface area contributed by atoms with Crippen molar-refractivity contribution in [2.75, 3.05) is 14.2 Å². The molecule has 6 nitrogen and oxygen atoms in total. The highest BCUT2D eigenvalue weighted by atomic mass is 16.5. The van der Waals surface area contributed by atoms with Crippen LogP contribution in [0, 0.1) is 11.8 Å². The van der Waals surface area contributed by atoms with Crippen molar-refractivity contribution in [2.45, 2.75) is 77.5 Å². The first kappa shape index (κ1) is 28.2. The molecule has 5 rings (SSSR count). The van der Waals surface area contributed by atoms with Crippen LogP contribution in [0.4, 0.5) is 0 Å². The number of aromatic nitrogens is 1. The summed E-state index contributed by atoms with van der Waals surface area (Å²) >= 11 is 0. The molecular formula is C34H41N2O4-. The standard InChI is InChI=1S/C34H42N2O4/c1-21(33(37)38)32(23-8-9-23)26-10-7-22-12-14-29(40-30(22)18-26)25-11-13-28(24-15-16-35-31(19-24)39-6)27(17-25)20-36(5)34(2,3)4/h7,10-11,13,15-19,21,23,29,32H,8-9,12,14,20H2,1-6H3,(H,37,38)/p-1/t21-,29+,32+/m1/s1. The van der Waals surface area contributed by atoms with E-state index >= 15 is 0 Å². The number of pyridine rings is 1. The van der Waals surface area contributed by atoms with Gasteiger partial charge in [-0.05, 0) is 111 Å². The van der Waals surface area contributed by atoms with Gasteiger partial charge in [-0.1, -0.05) is 37.3 Å². The molecule has 0 bridgehead atoms. The van der Waals surface area contributed by atoms with Gasteiger partial charge in [0.2, 0.25) is 5.88 Å². The van der Waals surface area contributed by atoms with Gasteiger partial charge < -0.3 is 19.4 Å². The van der Waals surface area contributed by atoms with Gasteiger partial charge in [0, 0.05) is 36.2 Å². The zero-order chi connectivity index (χ0) is 28.6. The van der Waals surface area contributed by atoms with Crippen molar-refractivity contribution >= 4 is 5.97 Å². The highest BCUT2D eigenvalue weighted by Crippen LogP contribution is 2.48. The van der Waals surface area contributed by atoms with Crippen LogP contribution in [0.2, 0.25) is 0 Å². The largest absolute Gasteiger partial charge is 0.550 e. The van der Waals surface area contributed by atoms with Crippen molar-refractivity contribution in [3.8, 4) is 22.8 Å². The highest BCUT2D eigenvalue weighted by Gasteiger charge is 2.37. The first-order valence-electron chi connectivity index (χ1n) is 14.4. The zero-order valence-corrected chi connectivity index (χ0v) is 24.6. The quantitative estimate of drug-likeness (QED) is 0.334. The summed E-state index contributed by atoms with van der Waals surface area (Å²) in [5.41, 5.74) is 6.85. The highest BCUT2D eigenvalue weighted by molar-refractivity contribution is 5.69. The number of benzene rings is 2. The summed E-state index contributed by atoms with van der Waals surface area (Å²) in [5.74, 6) is 0.348. The Balaban J connectivity index is 1.46. The first-order chi connectivity index (χ1) is 19.0. The number of fused-ring (bicyclic) bond motifs is 1. The van der Waals surface area contributed by atoms with Crippen LogP contribution in [-0.2, 0) is 17.8 Å². The summed E-state index contributed by atoms with van der Waals surface area (Å²) < 4.78 is 12.1. The van der Waals surface area contributed by atoms with Crippen LogP contribution in [-0.4, -0.2) is 35.5 Å². The van der Waals surface area contributed by atoms with Gasteiger partial charge in [-0.25, -0.2) is 4.98 Å². The number of hydrogen-bond acceptors (Lipinski definition) is 6. The lowest BCUT2D eigenvalue weighted by Gasteiger charge is -2.33. The first-order valence-corrected chi connectivity index (χ1v) is 14.4. The SMILES string of the molecule is COc1cc(-c2ccc([C@@H]3CCc4ccc([C@H](C5CC5)[C@@H](C)C(=O)[O-])cc4O3)cc2CN(C)C(C)(C)C)ccn1. The summed E-state index contributed by atoms with van der Waals surface area (Å²) in [6, 6.07) is 17.0. The molecule has 2 heterocycles. The second-order valence-electron chi connectivity index (χ2n) is 12.5. The van der Waals surface area contributed by atoms with Gasteiger partial charge in [0.05, 0.1) is 7.11 Å². The van der Waals surface area contributed by atoms with Crippen LogP contribution < -0.4 is 14.6 Å². The van der Waals surface area contributed by atoms with Crippen molar-refractivity contribution < 1.29 is 19.4 Å². The van der Waals surface area contributed by atoms with E-state index in [0.717, 1.165) is 60.2 Å². The number of hydrogen-bond donors (Lipinski definition) is 0. The molecule has 0 saturated heterocycles. The molecule has 3 atom stereocenters. The number of carboxylic acid groups (broad SMARTS) is 1. The van der Waals surface area contributed by atoms with Crippen LogP contribution in [0.5, 0.6) is 11.6 Å². The molecule has 2 aliphatic rings. The molecule has 1 saturated carbocycles. The molecule has 0 N–H and O–H groups in total. The van der Waals surface area contributed by atoms with E-state index in [0.29, 0.717) is 11.8 Å². The van der Waals surface area contributed by atoms with Crippen LogP contribution in [0.3, 0.4) is 0 Å². The molecule has 1 aliphatic carbocycles. The van der Waals surface area contributed by atoms with Gasteiger partial charge in [0.25, 0.3) is 0 Å². The van der Waals surface area contributed by atoms with E-state index < -0.39 is 11.9 Å². The monoisotopic (exact) mass is 541 g/mol. The number of methoxy groups -OCH3 is 1. The van der Waals surface area contributed by atoms with Crippen LogP contribution in [0.25, 0.3) is 11.1 Å². The molecule has 0 amide bonds. The number of ether oxygens (including phenoxy) is 2. The molecule has 40 heavy (non-hydrogen) atoms. The van der Waals surface area contributed by atoms with Gasteiger partial charge in [0.15, 0.2) is 0 Å². The number of carbonyl (C=O) groups excluding carboxylic acids is 1. The second-order valence-corrected chi connectivity index (χ2v) is 12.5. The van der Waals surface area contributed by atoms with Crippen molar-refractivity contribution in [3.63, 3.8) is 0 Å². The number of carbonyl (C=O) groups is 1. The molecule has 212 valence electrons. The van der Waals surface area contributed by atoms with Crippen molar-refractivity contribution in [1.82, 2.24) is 9.88 Å². The summed E-state index contributed by atoms with van der Waals surface area (Å²) in [4.78, 5) is 18.4. The maximum absolute atomic E-state index is 11.8. The van der Waals surface area contributed by atoms with E-state index in [-0.39, 0.29) is 17.6 Å². The molecule has 2 aromatic carbocycles. The van der Waals surface area contributed by atoms with Crippen molar-refractivity contribution in [1.29, 1.82) is 0 Å². The Morgan fingerprint density at radius 2 is 1.90 bits per heavy atom. The fourth-order valence-electron chi connectivity index (χ4n) is 5.81. The van der Waals surface area contributed by atoms with E-state index in [4.69, 9.17) is 9.47 Å². The number of nitrogens with zero attached hydrogens (tertiary/aromatic N) is 2. The van der Waals surface area contributed by atoms with E-state index in [1.165, 1.54) is 11.1 Å². The molecule has 0 spiro atoms. The number of rotatable bonds is 9. The molecule has 1 aliphatic heterocycles. The predicted octanol–water partition coefficient (Wildman–Crippen LogP) is 5.93.